The number of rotatable bonds is 6. The van der Waals surface area contributed by atoms with Crippen molar-refractivity contribution >= 4 is 17.6 Å². The molecule has 0 spiro atoms. The first-order chi connectivity index (χ1) is 12.5. The minimum absolute atomic E-state index is 0.0752. The molecule has 1 N–H and O–H groups in total. The van der Waals surface area contributed by atoms with E-state index in [1.54, 1.807) is 7.05 Å². The fourth-order valence-corrected chi connectivity index (χ4v) is 3.38. The minimum atomic E-state index is -0.128. The summed E-state index contributed by atoms with van der Waals surface area (Å²) >= 11 is 0. The average Bonchev–Trinajstić information content (AvgIpc) is 3.03. The summed E-state index contributed by atoms with van der Waals surface area (Å²) < 4.78 is 4.91. The van der Waals surface area contributed by atoms with Crippen LogP contribution in [0.1, 0.15) is 18.9 Å². The molecule has 0 radical (unpaired) electrons. The van der Waals surface area contributed by atoms with E-state index in [0.29, 0.717) is 6.54 Å². The molecule has 1 heterocycles. The molecule has 1 aliphatic heterocycles. The number of anilines is 1. The van der Waals surface area contributed by atoms with E-state index < -0.39 is 0 Å². The van der Waals surface area contributed by atoms with E-state index in [0.717, 1.165) is 31.9 Å². The van der Waals surface area contributed by atoms with Crippen molar-refractivity contribution in [3.63, 3.8) is 0 Å². The van der Waals surface area contributed by atoms with Gasteiger partial charge in [-0.3, -0.25) is 9.79 Å². The van der Waals surface area contributed by atoms with Crippen LogP contribution in [0.15, 0.2) is 29.3 Å². The number of carbonyl (C=O) groups excluding carboxylic acids is 1. The van der Waals surface area contributed by atoms with Gasteiger partial charge in [0.15, 0.2) is 5.96 Å². The minimum Gasteiger partial charge on any atom is -0.469 e. The van der Waals surface area contributed by atoms with Crippen molar-refractivity contribution in [2.75, 3.05) is 52.8 Å². The molecule has 6 heteroatoms. The Morgan fingerprint density at radius 1 is 1.31 bits per heavy atom. The van der Waals surface area contributed by atoms with Crippen LogP contribution in [0.5, 0.6) is 0 Å². The molecule has 2 unspecified atom stereocenters. The monoisotopic (exact) mass is 360 g/mol. The van der Waals surface area contributed by atoms with Crippen molar-refractivity contribution < 1.29 is 9.53 Å². The van der Waals surface area contributed by atoms with Gasteiger partial charge in [-0.1, -0.05) is 19.1 Å². The van der Waals surface area contributed by atoms with Crippen molar-refractivity contribution in [1.29, 1.82) is 0 Å². The van der Waals surface area contributed by atoms with Crippen molar-refractivity contribution in [3.8, 4) is 0 Å². The Balaban J connectivity index is 1.78. The molecule has 0 amide bonds. The molecule has 1 aromatic rings. The molecule has 1 aromatic carbocycles. The number of hydrogen-bond donors (Lipinski definition) is 1. The van der Waals surface area contributed by atoms with Gasteiger partial charge in [0.25, 0.3) is 0 Å². The highest BCUT2D eigenvalue weighted by molar-refractivity contribution is 5.82. The standard InChI is InChI=1S/C20H32N4O2/c1-15-13-24(14-18(15)19(25)26-5)20(21-2)22-12-6-7-16-8-10-17(11-9-16)23(3)4/h8-11,15,18H,6-7,12-14H2,1-5H3,(H,21,22). The molecule has 144 valence electrons. The first kappa shape index (κ1) is 20.1. The molecule has 1 saturated heterocycles. The lowest BCUT2D eigenvalue weighted by Crippen LogP contribution is -2.41. The Morgan fingerprint density at radius 2 is 2.00 bits per heavy atom. The van der Waals surface area contributed by atoms with E-state index in [1.807, 2.05) is 0 Å². The predicted molar refractivity (Wildman–Crippen MR) is 107 cm³/mol. The lowest BCUT2D eigenvalue weighted by atomic mass is 9.99. The number of nitrogens with one attached hydrogen (secondary N) is 1. The largest absolute Gasteiger partial charge is 0.469 e. The van der Waals surface area contributed by atoms with E-state index in [4.69, 9.17) is 4.74 Å². The number of methoxy groups -OCH3 is 1. The van der Waals surface area contributed by atoms with Gasteiger partial charge in [0, 0.05) is 46.5 Å². The summed E-state index contributed by atoms with van der Waals surface area (Å²) in [6.45, 7) is 4.44. The third-order valence-corrected chi connectivity index (χ3v) is 5.01. The van der Waals surface area contributed by atoms with Crippen LogP contribution < -0.4 is 10.2 Å². The SMILES string of the molecule is CN=C(NCCCc1ccc(N(C)C)cc1)N1CC(C)C(C(=O)OC)C1. The first-order valence-corrected chi connectivity index (χ1v) is 9.26. The summed E-state index contributed by atoms with van der Waals surface area (Å²) in [5.41, 5.74) is 2.56. The van der Waals surface area contributed by atoms with Gasteiger partial charge >= 0.3 is 5.97 Å². The topological polar surface area (TPSA) is 57.2 Å². The van der Waals surface area contributed by atoms with Crippen LogP contribution in [-0.4, -0.2) is 64.7 Å². The van der Waals surface area contributed by atoms with E-state index in [1.165, 1.54) is 18.4 Å². The molecule has 26 heavy (non-hydrogen) atoms. The molecule has 0 saturated carbocycles. The average molecular weight is 361 g/mol. The van der Waals surface area contributed by atoms with Crippen LogP contribution in [-0.2, 0) is 16.0 Å². The Morgan fingerprint density at radius 3 is 2.58 bits per heavy atom. The van der Waals surface area contributed by atoms with Crippen molar-refractivity contribution in [2.24, 2.45) is 16.8 Å². The summed E-state index contributed by atoms with van der Waals surface area (Å²) in [5, 5.41) is 3.42. The normalized spacial score (nSPS) is 20.2. The Kier molecular flexibility index (Phi) is 7.30. The van der Waals surface area contributed by atoms with Gasteiger partial charge in [-0.25, -0.2) is 0 Å². The van der Waals surface area contributed by atoms with Gasteiger partial charge in [-0.2, -0.15) is 0 Å². The Labute approximate surface area is 157 Å². The lowest BCUT2D eigenvalue weighted by molar-refractivity contribution is -0.145. The second-order valence-corrected chi connectivity index (χ2v) is 7.15. The fraction of sp³-hybridized carbons (Fsp3) is 0.600. The van der Waals surface area contributed by atoms with Crippen molar-refractivity contribution in [1.82, 2.24) is 10.2 Å². The predicted octanol–water partition coefficient (Wildman–Crippen LogP) is 2.00. The van der Waals surface area contributed by atoms with Gasteiger partial charge in [-0.05, 0) is 36.5 Å². The van der Waals surface area contributed by atoms with Gasteiger partial charge in [0.05, 0.1) is 13.0 Å². The van der Waals surface area contributed by atoms with Crippen LogP contribution in [0, 0.1) is 11.8 Å². The molecule has 1 fully saturated rings. The number of aliphatic imine (C=N–C) groups is 1. The van der Waals surface area contributed by atoms with Crippen LogP contribution >= 0.6 is 0 Å². The summed E-state index contributed by atoms with van der Waals surface area (Å²) in [6, 6.07) is 8.68. The quantitative estimate of drug-likeness (QED) is 0.364. The Hall–Kier alpha value is -2.24. The van der Waals surface area contributed by atoms with E-state index in [2.05, 4.69) is 65.4 Å². The molecule has 1 aliphatic rings. The van der Waals surface area contributed by atoms with Crippen LogP contribution in [0.25, 0.3) is 0 Å². The number of esters is 1. The Bertz CT molecular complexity index is 613. The summed E-state index contributed by atoms with van der Waals surface area (Å²) in [4.78, 5) is 20.5. The maximum atomic E-state index is 11.9. The van der Waals surface area contributed by atoms with Crippen molar-refractivity contribution in [3.05, 3.63) is 29.8 Å². The van der Waals surface area contributed by atoms with Gasteiger partial charge in [-0.15, -0.1) is 0 Å². The smallest absolute Gasteiger partial charge is 0.310 e. The first-order valence-electron chi connectivity index (χ1n) is 9.26. The van der Waals surface area contributed by atoms with Crippen LogP contribution in [0.3, 0.4) is 0 Å². The highest BCUT2D eigenvalue weighted by Crippen LogP contribution is 2.24. The zero-order valence-corrected chi connectivity index (χ0v) is 16.7. The summed E-state index contributed by atoms with van der Waals surface area (Å²) in [7, 11) is 7.34. The fourth-order valence-electron chi connectivity index (χ4n) is 3.38. The second-order valence-electron chi connectivity index (χ2n) is 7.15. The third kappa shape index (κ3) is 5.13. The lowest BCUT2D eigenvalue weighted by Gasteiger charge is -2.21. The zero-order valence-electron chi connectivity index (χ0n) is 16.7. The molecule has 2 rings (SSSR count). The molecule has 2 atom stereocenters. The van der Waals surface area contributed by atoms with Crippen molar-refractivity contribution in [2.45, 2.75) is 19.8 Å². The maximum Gasteiger partial charge on any atom is 0.310 e. The molecule has 0 aliphatic carbocycles. The summed E-state index contributed by atoms with van der Waals surface area (Å²) in [6.07, 6.45) is 2.06. The number of aryl methyl sites for hydroxylation is 1. The van der Waals surface area contributed by atoms with Gasteiger partial charge in [0.1, 0.15) is 0 Å². The number of benzene rings is 1. The molecule has 0 aromatic heterocycles. The van der Waals surface area contributed by atoms with E-state index >= 15 is 0 Å². The van der Waals surface area contributed by atoms with E-state index in [9.17, 15) is 4.79 Å². The number of likely N-dealkylation sites (tertiary alicyclic amines) is 1. The van der Waals surface area contributed by atoms with Gasteiger partial charge in [0.2, 0.25) is 0 Å². The van der Waals surface area contributed by atoms with Crippen LogP contribution in [0.2, 0.25) is 0 Å². The number of nitrogens with zero attached hydrogens (tertiary/aromatic N) is 3. The number of carbonyl (C=O) groups is 1. The molecular formula is C20H32N4O2. The molecule has 6 nitrogen and oxygen atoms in total. The van der Waals surface area contributed by atoms with E-state index in [-0.39, 0.29) is 17.8 Å². The molecular weight excluding hydrogens is 328 g/mol. The zero-order chi connectivity index (χ0) is 19.1. The summed E-state index contributed by atoms with van der Waals surface area (Å²) in [5.74, 6) is 0.938. The second kappa shape index (κ2) is 9.46. The highest BCUT2D eigenvalue weighted by atomic mass is 16.5. The molecule has 0 bridgehead atoms. The van der Waals surface area contributed by atoms with Gasteiger partial charge < -0.3 is 19.9 Å². The van der Waals surface area contributed by atoms with Crippen LogP contribution in [0.4, 0.5) is 5.69 Å². The highest BCUT2D eigenvalue weighted by Gasteiger charge is 2.36. The number of hydrogen-bond acceptors (Lipinski definition) is 4. The number of ether oxygens (including phenoxy) is 1. The maximum absolute atomic E-state index is 11.9. The number of guanidine groups is 1. The third-order valence-electron chi connectivity index (χ3n) is 5.01.